The van der Waals surface area contributed by atoms with E-state index in [-0.39, 0.29) is 12.5 Å². The van der Waals surface area contributed by atoms with Crippen LogP contribution < -0.4 is 5.32 Å². The SMILES string of the molecule is C[C@@]1(C#N)CC2=C([CH]2)Cc2ccc(C(=O)NCc3cc4nn(-c5cccc(CC6=CCCC6)n5)cc4cn3)cc21. The van der Waals surface area contributed by atoms with E-state index in [1.165, 1.54) is 29.6 Å². The molecule has 0 fully saturated rings. The van der Waals surface area contributed by atoms with Gasteiger partial charge in [0, 0.05) is 41.9 Å². The Balaban J connectivity index is 1.06. The van der Waals surface area contributed by atoms with Gasteiger partial charge in [-0.25, -0.2) is 9.67 Å². The van der Waals surface area contributed by atoms with Gasteiger partial charge in [-0.15, -0.1) is 0 Å². The molecule has 4 aromatic rings. The Kier molecular flexibility index (Phi) is 5.85. The lowest BCUT2D eigenvalue weighted by Gasteiger charge is -2.24. The van der Waals surface area contributed by atoms with Crippen molar-refractivity contribution in [2.45, 2.75) is 57.4 Å². The number of carbonyl (C=O) groups excluding carboxylic acids is 1. The van der Waals surface area contributed by atoms with Crippen LogP contribution in [0.15, 0.2) is 77.7 Å². The van der Waals surface area contributed by atoms with Gasteiger partial charge < -0.3 is 5.32 Å². The quantitative estimate of drug-likeness (QED) is 0.329. The summed E-state index contributed by atoms with van der Waals surface area (Å²) in [7, 11) is 0. The largest absolute Gasteiger partial charge is 0.346 e. The van der Waals surface area contributed by atoms with Crippen LogP contribution in [0.25, 0.3) is 16.7 Å². The molecule has 7 heteroatoms. The Bertz CT molecular complexity index is 1790. The van der Waals surface area contributed by atoms with Gasteiger partial charge in [0.25, 0.3) is 5.91 Å². The Hall–Kier alpha value is -4.57. The molecule has 7 rings (SSSR count). The minimum atomic E-state index is -0.636. The molecule has 3 aromatic heterocycles. The van der Waals surface area contributed by atoms with Crippen LogP contribution in [0.5, 0.6) is 0 Å². The van der Waals surface area contributed by atoms with E-state index in [2.05, 4.69) is 34.9 Å². The van der Waals surface area contributed by atoms with Gasteiger partial charge in [-0.05, 0) is 80.5 Å². The zero-order valence-electron chi connectivity index (χ0n) is 22.4. The molecule has 3 aliphatic carbocycles. The predicted molar refractivity (Wildman–Crippen MR) is 153 cm³/mol. The summed E-state index contributed by atoms with van der Waals surface area (Å²) < 4.78 is 1.79. The Morgan fingerprint density at radius 2 is 2.10 bits per heavy atom. The molecule has 197 valence electrons. The molecule has 3 aliphatic rings. The van der Waals surface area contributed by atoms with Crippen molar-refractivity contribution in [1.29, 1.82) is 5.26 Å². The zero-order chi connectivity index (χ0) is 27.3. The number of nitriles is 1. The van der Waals surface area contributed by atoms with E-state index in [9.17, 15) is 10.1 Å². The van der Waals surface area contributed by atoms with E-state index in [0.717, 1.165) is 58.5 Å². The average molecular weight is 526 g/mol. The summed E-state index contributed by atoms with van der Waals surface area (Å²) in [5.41, 5.74) is 8.63. The van der Waals surface area contributed by atoms with Crippen LogP contribution in [0, 0.1) is 17.8 Å². The lowest BCUT2D eigenvalue weighted by Crippen LogP contribution is -2.25. The molecule has 1 radical (unpaired) electrons. The van der Waals surface area contributed by atoms with Crippen molar-refractivity contribution in [3.8, 4) is 11.9 Å². The van der Waals surface area contributed by atoms with Crippen molar-refractivity contribution in [2.24, 2.45) is 0 Å². The van der Waals surface area contributed by atoms with Crippen molar-refractivity contribution in [3.05, 3.63) is 112 Å². The third-order valence-corrected chi connectivity index (χ3v) is 8.26. The first kappa shape index (κ1) is 24.5. The van der Waals surface area contributed by atoms with Crippen molar-refractivity contribution < 1.29 is 4.79 Å². The summed E-state index contributed by atoms with van der Waals surface area (Å²) in [6.45, 7) is 2.24. The highest BCUT2D eigenvalue weighted by Gasteiger charge is 2.39. The van der Waals surface area contributed by atoms with E-state index < -0.39 is 5.41 Å². The highest BCUT2D eigenvalue weighted by Crippen LogP contribution is 2.47. The molecule has 40 heavy (non-hydrogen) atoms. The van der Waals surface area contributed by atoms with Crippen LogP contribution in [0.4, 0.5) is 0 Å². The van der Waals surface area contributed by atoms with Crippen molar-refractivity contribution in [2.75, 3.05) is 0 Å². The maximum absolute atomic E-state index is 13.1. The maximum atomic E-state index is 13.1. The van der Waals surface area contributed by atoms with Gasteiger partial charge in [-0.3, -0.25) is 9.78 Å². The number of fused-ring (bicyclic) bond motifs is 2. The van der Waals surface area contributed by atoms with Crippen LogP contribution in [0.3, 0.4) is 0 Å². The summed E-state index contributed by atoms with van der Waals surface area (Å²) in [5.74, 6) is 0.594. The fourth-order valence-corrected chi connectivity index (χ4v) is 5.94. The molecule has 0 unspecified atom stereocenters. The molecule has 0 bridgehead atoms. The van der Waals surface area contributed by atoms with Gasteiger partial charge in [0.1, 0.15) is 0 Å². The molecular weight excluding hydrogens is 496 g/mol. The third kappa shape index (κ3) is 4.60. The monoisotopic (exact) mass is 525 g/mol. The number of hydrogen-bond donors (Lipinski definition) is 1. The molecule has 1 aromatic carbocycles. The molecule has 0 saturated heterocycles. The molecule has 3 heterocycles. The van der Waals surface area contributed by atoms with Crippen molar-refractivity contribution >= 4 is 16.8 Å². The van der Waals surface area contributed by atoms with E-state index in [0.29, 0.717) is 12.0 Å². The molecular formula is C33H29N6O. The second kappa shape index (κ2) is 9.56. The van der Waals surface area contributed by atoms with Gasteiger partial charge in [0.15, 0.2) is 5.82 Å². The highest BCUT2D eigenvalue weighted by molar-refractivity contribution is 5.94. The standard InChI is InChI=1S/C33H29N6O/c1-33(20-34)16-25-13-24(25)12-22-9-10-23(14-29(22)33)32(40)36-18-28-15-30-26(17-35-28)19-39(38-30)31-8-4-7-27(37-31)11-21-5-2-3-6-21/h4-5,7-10,13-15,17,19H,2-3,6,11-12,16,18H2,1H3,(H,36,40)/t33-/m0/s1. The van der Waals surface area contributed by atoms with Crippen LogP contribution in [-0.4, -0.2) is 25.7 Å². The fourth-order valence-electron chi connectivity index (χ4n) is 5.94. The van der Waals surface area contributed by atoms with Crippen molar-refractivity contribution in [3.63, 3.8) is 0 Å². The number of allylic oxidation sites excluding steroid dienone is 4. The smallest absolute Gasteiger partial charge is 0.251 e. The number of rotatable bonds is 6. The first-order valence-electron chi connectivity index (χ1n) is 13.9. The summed E-state index contributed by atoms with van der Waals surface area (Å²) in [6.07, 6.45) is 14.2. The van der Waals surface area contributed by atoms with Gasteiger partial charge in [0.05, 0.1) is 29.2 Å². The molecule has 7 nitrogen and oxygen atoms in total. The lowest BCUT2D eigenvalue weighted by atomic mass is 9.77. The minimum absolute atomic E-state index is 0.185. The third-order valence-electron chi connectivity index (χ3n) is 8.26. The topological polar surface area (TPSA) is 96.5 Å². The number of hydrogen-bond acceptors (Lipinski definition) is 5. The van der Waals surface area contributed by atoms with Crippen LogP contribution in [0.1, 0.15) is 65.5 Å². The number of pyridine rings is 2. The maximum Gasteiger partial charge on any atom is 0.251 e. The van der Waals surface area contributed by atoms with Gasteiger partial charge in [-0.2, -0.15) is 10.4 Å². The van der Waals surface area contributed by atoms with Crippen molar-refractivity contribution in [1.82, 2.24) is 25.1 Å². The molecule has 0 spiro atoms. The Morgan fingerprint density at radius 1 is 1.18 bits per heavy atom. The number of nitrogens with one attached hydrogen (secondary N) is 1. The second-order valence-corrected chi connectivity index (χ2v) is 11.3. The summed E-state index contributed by atoms with van der Waals surface area (Å²) in [5, 5.41) is 18.6. The van der Waals surface area contributed by atoms with Crippen LogP contribution >= 0.6 is 0 Å². The van der Waals surface area contributed by atoms with E-state index in [4.69, 9.17) is 10.1 Å². The zero-order valence-corrected chi connectivity index (χ0v) is 22.4. The Morgan fingerprint density at radius 3 is 2.95 bits per heavy atom. The predicted octanol–water partition coefficient (Wildman–Crippen LogP) is 5.64. The number of benzene rings is 1. The number of carbonyl (C=O) groups is 1. The Labute approximate surface area is 233 Å². The molecule has 0 aliphatic heterocycles. The summed E-state index contributed by atoms with van der Waals surface area (Å²) in [6, 6.07) is 16.2. The van der Waals surface area contributed by atoms with Gasteiger partial charge in [-0.1, -0.05) is 34.9 Å². The number of amides is 1. The van der Waals surface area contributed by atoms with E-state index >= 15 is 0 Å². The lowest BCUT2D eigenvalue weighted by molar-refractivity contribution is 0.0950. The van der Waals surface area contributed by atoms with Gasteiger partial charge >= 0.3 is 0 Å². The molecule has 1 N–H and O–H groups in total. The molecule has 0 saturated carbocycles. The van der Waals surface area contributed by atoms with Crippen LogP contribution in [0.2, 0.25) is 0 Å². The summed E-state index contributed by atoms with van der Waals surface area (Å²) in [4.78, 5) is 22.5. The average Bonchev–Trinajstić information content (AvgIpc) is 3.32. The first-order chi connectivity index (χ1) is 19.5. The molecule has 1 atom stereocenters. The van der Waals surface area contributed by atoms with E-state index in [1.54, 1.807) is 10.9 Å². The fraction of sp³-hybridized carbons (Fsp3) is 0.273. The molecule has 1 amide bonds. The number of aromatic nitrogens is 4. The normalized spacial score (nSPS) is 19.4. The van der Waals surface area contributed by atoms with Gasteiger partial charge in [0.2, 0.25) is 0 Å². The highest BCUT2D eigenvalue weighted by atomic mass is 16.1. The minimum Gasteiger partial charge on any atom is -0.346 e. The summed E-state index contributed by atoms with van der Waals surface area (Å²) >= 11 is 0. The first-order valence-corrected chi connectivity index (χ1v) is 13.9. The second-order valence-electron chi connectivity index (χ2n) is 11.3. The van der Waals surface area contributed by atoms with Crippen LogP contribution in [-0.2, 0) is 24.8 Å². The van der Waals surface area contributed by atoms with E-state index in [1.807, 2.05) is 49.5 Å². The number of nitrogens with zero attached hydrogens (tertiary/aromatic N) is 5.